The standard InChI is InChI=1S/C23H33N3O6/c1-7-9-12-24-20(29)19(16-10-11-18(28)15(3)13-16)26(8-2)21(30)17(14-27)25-22(31)32-23(4,5)6/h2,10-11,13,17,19,27-28H,7,9,12,14H2,1,3-6H3,(H,24,29)(H,25,31). The number of carbonyl (C=O) groups is 3. The number of nitrogens with zero attached hydrogens (tertiary/aromatic N) is 1. The van der Waals surface area contributed by atoms with Gasteiger partial charge in [0.05, 0.1) is 6.61 Å². The molecule has 0 saturated carbocycles. The number of ether oxygens (including phenoxy) is 1. The zero-order valence-corrected chi connectivity index (χ0v) is 19.3. The topological polar surface area (TPSA) is 128 Å². The number of phenols is 1. The van der Waals surface area contributed by atoms with Crippen LogP contribution in [0.15, 0.2) is 18.2 Å². The number of benzene rings is 1. The number of alkyl carbamates (subject to hydrolysis) is 1. The van der Waals surface area contributed by atoms with Crippen LogP contribution in [0.25, 0.3) is 0 Å². The number of hydrogen-bond acceptors (Lipinski definition) is 6. The maximum Gasteiger partial charge on any atom is 0.408 e. The summed E-state index contributed by atoms with van der Waals surface area (Å²) in [5.74, 6) is -1.36. The van der Waals surface area contributed by atoms with Gasteiger partial charge in [-0.25, -0.2) is 4.79 Å². The fourth-order valence-corrected chi connectivity index (χ4v) is 2.82. The Bertz CT molecular complexity index is 856. The van der Waals surface area contributed by atoms with Crippen LogP contribution in [0.2, 0.25) is 0 Å². The summed E-state index contributed by atoms with van der Waals surface area (Å²) in [6, 6.07) is 3.97. The molecule has 2 unspecified atom stereocenters. The number of aliphatic hydroxyl groups is 1. The fraction of sp³-hybridized carbons (Fsp3) is 0.522. The van der Waals surface area contributed by atoms with Crippen molar-refractivity contribution in [3.63, 3.8) is 0 Å². The molecule has 0 aliphatic heterocycles. The predicted molar refractivity (Wildman–Crippen MR) is 119 cm³/mol. The van der Waals surface area contributed by atoms with E-state index in [-0.39, 0.29) is 5.75 Å². The SMILES string of the molecule is C#CN(C(=O)C(CO)NC(=O)OC(C)(C)C)C(C(=O)NCCCC)c1ccc(O)c(C)c1. The molecule has 3 amide bonds. The Hall–Kier alpha value is -3.25. The van der Waals surface area contributed by atoms with Gasteiger partial charge in [-0.05, 0) is 57.4 Å². The Labute approximate surface area is 189 Å². The monoisotopic (exact) mass is 447 g/mol. The highest BCUT2D eigenvalue weighted by molar-refractivity contribution is 5.93. The molecule has 0 bridgehead atoms. The van der Waals surface area contributed by atoms with Gasteiger partial charge in [0, 0.05) is 12.6 Å². The number of hydrogen-bond donors (Lipinski definition) is 4. The largest absolute Gasteiger partial charge is 0.508 e. The molecule has 9 heteroatoms. The molecule has 176 valence electrons. The minimum Gasteiger partial charge on any atom is -0.508 e. The van der Waals surface area contributed by atoms with Crippen LogP contribution < -0.4 is 10.6 Å². The lowest BCUT2D eigenvalue weighted by atomic mass is 10.0. The van der Waals surface area contributed by atoms with E-state index >= 15 is 0 Å². The summed E-state index contributed by atoms with van der Waals surface area (Å²) in [4.78, 5) is 39.1. The van der Waals surface area contributed by atoms with Crippen molar-refractivity contribution in [2.45, 2.75) is 65.1 Å². The number of unbranched alkanes of at least 4 members (excludes halogenated alkanes) is 1. The minimum absolute atomic E-state index is 0.0253. The third-order valence-electron chi connectivity index (χ3n) is 4.42. The van der Waals surface area contributed by atoms with Gasteiger partial charge in [-0.1, -0.05) is 25.8 Å². The quantitative estimate of drug-likeness (QED) is 0.260. The van der Waals surface area contributed by atoms with Crippen molar-refractivity contribution < 1.29 is 29.3 Å². The van der Waals surface area contributed by atoms with Crippen LogP contribution in [-0.2, 0) is 14.3 Å². The van der Waals surface area contributed by atoms with Gasteiger partial charge < -0.3 is 25.6 Å². The molecule has 1 aromatic carbocycles. The van der Waals surface area contributed by atoms with E-state index in [1.165, 1.54) is 12.1 Å². The van der Waals surface area contributed by atoms with Crippen LogP contribution in [0, 0.1) is 19.4 Å². The molecular weight excluding hydrogens is 414 g/mol. The molecule has 0 aliphatic carbocycles. The van der Waals surface area contributed by atoms with Gasteiger partial charge in [-0.15, -0.1) is 0 Å². The van der Waals surface area contributed by atoms with Crippen molar-refractivity contribution in [1.82, 2.24) is 15.5 Å². The number of aryl methyl sites for hydroxylation is 1. The molecule has 1 rings (SSSR count). The first-order valence-electron chi connectivity index (χ1n) is 10.4. The van der Waals surface area contributed by atoms with Crippen LogP contribution in [0.3, 0.4) is 0 Å². The minimum atomic E-state index is -1.43. The van der Waals surface area contributed by atoms with Crippen LogP contribution >= 0.6 is 0 Å². The van der Waals surface area contributed by atoms with Crippen LogP contribution in [0.1, 0.15) is 57.7 Å². The number of carbonyl (C=O) groups excluding carboxylic acids is 3. The zero-order chi connectivity index (χ0) is 24.5. The fourth-order valence-electron chi connectivity index (χ4n) is 2.82. The van der Waals surface area contributed by atoms with Crippen molar-refractivity contribution >= 4 is 17.9 Å². The second kappa shape index (κ2) is 12.0. The number of aliphatic hydroxyl groups excluding tert-OH is 1. The van der Waals surface area contributed by atoms with Gasteiger partial charge in [0.25, 0.3) is 5.91 Å². The maximum atomic E-state index is 13.1. The number of amides is 3. The highest BCUT2D eigenvalue weighted by Gasteiger charge is 2.35. The van der Waals surface area contributed by atoms with Gasteiger partial charge in [0.2, 0.25) is 5.91 Å². The Morgan fingerprint density at radius 1 is 1.28 bits per heavy atom. The molecule has 4 N–H and O–H groups in total. The number of nitrogens with one attached hydrogen (secondary N) is 2. The third kappa shape index (κ3) is 7.78. The highest BCUT2D eigenvalue weighted by Crippen LogP contribution is 2.26. The average molecular weight is 448 g/mol. The van der Waals surface area contributed by atoms with Gasteiger partial charge in [0.1, 0.15) is 23.4 Å². The maximum absolute atomic E-state index is 13.1. The smallest absolute Gasteiger partial charge is 0.408 e. The van der Waals surface area contributed by atoms with Gasteiger partial charge in [-0.2, -0.15) is 0 Å². The zero-order valence-electron chi connectivity index (χ0n) is 19.3. The Balaban J connectivity index is 3.26. The molecule has 9 nitrogen and oxygen atoms in total. The van der Waals surface area contributed by atoms with Crippen molar-refractivity contribution in [2.24, 2.45) is 0 Å². The second-order valence-electron chi connectivity index (χ2n) is 8.31. The summed E-state index contributed by atoms with van der Waals surface area (Å²) in [6.07, 6.45) is 6.27. The molecule has 0 radical (unpaired) electrons. The molecule has 32 heavy (non-hydrogen) atoms. The van der Waals surface area contributed by atoms with E-state index in [4.69, 9.17) is 11.2 Å². The van der Waals surface area contributed by atoms with E-state index in [1.54, 1.807) is 33.8 Å². The van der Waals surface area contributed by atoms with Crippen molar-refractivity contribution in [3.05, 3.63) is 29.3 Å². The summed E-state index contributed by atoms with van der Waals surface area (Å²) in [5, 5.41) is 24.6. The van der Waals surface area contributed by atoms with Crippen LogP contribution in [-0.4, -0.2) is 57.8 Å². The van der Waals surface area contributed by atoms with Gasteiger partial charge in [0.15, 0.2) is 0 Å². The van der Waals surface area contributed by atoms with E-state index in [0.29, 0.717) is 17.7 Å². The third-order valence-corrected chi connectivity index (χ3v) is 4.42. The second-order valence-corrected chi connectivity index (χ2v) is 8.31. The number of rotatable bonds is 9. The lowest BCUT2D eigenvalue weighted by Gasteiger charge is -2.30. The summed E-state index contributed by atoms with van der Waals surface area (Å²) in [7, 11) is 0. The van der Waals surface area contributed by atoms with Gasteiger partial charge >= 0.3 is 6.09 Å². The molecule has 0 fully saturated rings. The van der Waals surface area contributed by atoms with E-state index < -0.39 is 42.2 Å². The Morgan fingerprint density at radius 2 is 1.94 bits per heavy atom. The lowest BCUT2D eigenvalue weighted by molar-refractivity contribution is -0.139. The predicted octanol–water partition coefficient (Wildman–Crippen LogP) is 1.96. The van der Waals surface area contributed by atoms with E-state index in [2.05, 4.69) is 16.7 Å². The van der Waals surface area contributed by atoms with Crippen LogP contribution in [0.5, 0.6) is 5.75 Å². The molecule has 0 aliphatic rings. The number of terminal acetylenes is 1. The first kappa shape index (κ1) is 26.8. The molecule has 0 spiro atoms. The molecule has 0 aromatic heterocycles. The summed E-state index contributed by atoms with van der Waals surface area (Å²) >= 11 is 0. The molecular formula is C23H33N3O6. The summed E-state index contributed by atoms with van der Waals surface area (Å²) < 4.78 is 5.13. The Kier molecular flexibility index (Phi) is 10.0. The van der Waals surface area contributed by atoms with E-state index in [1.807, 2.05) is 6.92 Å². The summed E-state index contributed by atoms with van der Waals surface area (Å²) in [5.41, 5.74) is 0.0444. The molecule has 0 saturated heterocycles. The Morgan fingerprint density at radius 3 is 2.44 bits per heavy atom. The normalized spacial score (nSPS) is 12.8. The highest BCUT2D eigenvalue weighted by atomic mass is 16.6. The van der Waals surface area contributed by atoms with E-state index in [0.717, 1.165) is 17.7 Å². The molecule has 0 heterocycles. The van der Waals surface area contributed by atoms with Gasteiger partial charge in [-0.3, -0.25) is 14.5 Å². The van der Waals surface area contributed by atoms with E-state index in [9.17, 15) is 24.6 Å². The van der Waals surface area contributed by atoms with Crippen molar-refractivity contribution in [2.75, 3.05) is 13.2 Å². The first-order chi connectivity index (χ1) is 14.9. The van der Waals surface area contributed by atoms with Crippen LogP contribution in [0.4, 0.5) is 4.79 Å². The molecule has 2 atom stereocenters. The number of aromatic hydroxyl groups is 1. The first-order valence-corrected chi connectivity index (χ1v) is 10.4. The lowest BCUT2D eigenvalue weighted by Crippen LogP contribution is -2.53. The van der Waals surface area contributed by atoms with Crippen molar-refractivity contribution in [1.29, 1.82) is 0 Å². The molecule has 1 aromatic rings. The summed E-state index contributed by atoms with van der Waals surface area (Å²) in [6.45, 7) is 8.20. The van der Waals surface area contributed by atoms with Crippen molar-refractivity contribution in [3.8, 4) is 18.2 Å². The average Bonchev–Trinajstić information content (AvgIpc) is 2.70. The number of phenolic OH excluding ortho intramolecular Hbond substituents is 1.